The van der Waals surface area contributed by atoms with E-state index in [4.69, 9.17) is 0 Å². The summed E-state index contributed by atoms with van der Waals surface area (Å²) in [5.41, 5.74) is 2.19. The first-order chi connectivity index (χ1) is 9.74. The zero-order valence-electron chi connectivity index (χ0n) is 12.0. The van der Waals surface area contributed by atoms with Crippen molar-refractivity contribution in [3.8, 4) is 11.3 Å². The van der Waals surface area contributed by atoms with Crippen LogP contribution in [-0.4, -0.2) is 48.1 Å². The molecule has 3 heterocycles. The second-order valence-corrected chi connectivity index (χ2v) is 6.20. The Kier molecular flexibility index (Phi) is 3.98. The lowest BCUT2D eigenvalue weighted by molar-refractivity contribution is 0.252. The summed E-state index contributed by atoms with van der Waals surface area (Å²) in [5.74, 6) is 1.02. The highest BCUT2D eigenvalue weighted by Gasteiger charge is 2.21. The highest BCUT2D eigenvalue weighted by molar-refractivity contribution is 7.08. The third kappa shape index (κ3) is 2.83. The summed E-state index contributed by atoms with van der Waals surface area (Å²) >= 11 is 1.70. The van der Waals surface area contributed by atoms with Gasteiger partial charge in [-0.25, -0.2) is 9.97 Å². The van der Waals surface area contributed by atoms with E-state index in [1.165, 1.54) is 18.4 Å². The molecule has 0 spiro atoms. The zero-order valence-corrected chi connectivity index (χ0v) is 12.8. The molecule has 5 heteroatoms. The molecule has 4 nitrogen and oxygen atoms in total. The summed E-state index contributed by atoms with van der Waals surface area (Å²) in [6.07, 6.45) is 4.07. The smallest absolute Gasteiger partial charge is 0.132 e. The molecule has 1 saturated heterocycles. The fourth-order valence-corrected chi connectivity index (χ4v) is 3.33. The van der Waals surface area contributed by atoms with E-state index in [1.54, 1.807) is 17.7 Å². The van der Waals surface area contributed by atoms with Crippen molar-refractivity contribution < 1.29 is 0 Å². The average molecular weight is 288 g/mol. The maximum atomic E-state index is 4.45. The van der Waals surface area contributed by atoms with Gasteiger partial charge in [0, 0.05) is 30.1 Å². The van der Waals surface area contributed by atoms with Crippen molar-refractivity contribution in [1.82, 2.24) is 14.9 Å². The second-order valence-electron chi connectivity index (χ2n) is 5.42. The molecule has 1 fully saturated rings. The molecule has 2 aromatic rings. The molecule has 1 aliphatic rings. The molecule has 1 aliphatic heterocycles. The molecule has 0 atom stereocenters. The SMILES string of the molecule is CN1CCC(N(C)c2cc(-c3ccsc3)ncn2)CC1. The lowest BCUT2D eigenvalue weighted by Gasteiger charge is -2.35. The first-order valence-corrected chi connectivity index (χ1v) is 7.94. The van der Waals surface area contributed by atoms with E-state index in [-0.39, 0.29) is 0 Å². The Morgan fingerprint density at radius 2 is 2.10 bits per heavy atom. The Bertz CT molecular complexity index is 547. The van der Waals surface area contributed by atoms with E-state index in [0.29, 0.717) is 6.04 Å². The zero-order chi connectivity index (χ0) is 13.9. The first kappa shape index (κ1) is 13.5. The molecule has 106 valence electrons. The number of nitrogens with zero attached hydrogens (tertiary/aromatic N) is 4. The summed E-state index contributed by atoms with van der Waals surface area (Å²) in [6.45, 7) is 2.33. The maximum Gasteiger partial charge on any atom is 0.132 e. The maximum absolute atomic E-state index is 4.45. The molecular formula is C15H20N4S. The van der Waals surface area contributed by atoms with Gasteiger partial charge in [0.15, 0.2) is 0 Å². The van der Waals surface area contributed by atoms with Gasteiger partial charge in [-0.05, 0) is 44.4 Å². The number of likely N-dealkylation sites (tertiary alicyclic amines) is 1. The van der Waals surface area contributed by atoms with Crippen LogP contribution in [0.5, 0.6) is 0 Å². The van der Waals surface area contributed by atoms with Crippen molar-refractivity contribution in [1.29, 1.82) is 0 Å². The molecule has 0 aromatic carbocycles. The fourth-order valence-electron chi connectivity index (χ4n) is 2.68. The second kappa shape index (κ2) is 5.89. The van der Waals surface area contributed by atoms with Crippen LogP contribution in [0.4, 0.5) is 5.82 Å². The van der Waals surface area contributed by atoms with Crippen LogP contribution in [0.3, 0.4) is 0 Å². The summed E-state index contributed by atoms with van der Waals surface area (Å²) < 4.78 is 0. The van der Waals surface area contributed by atoms with Crippen LogP contribution >= 0.6 is 11.3 Å². The van der Waals surface area contributed by atoms with E-state index >= 15 is 0 Å². The van der Waals surface area contributed by atoms with Crippen molar-refractivity contribution in [3.63, 3.8) is 0 Å². The quantitative estimate of drug-likeness (QED) is 0.869. The van der Waals surface area contributed by atoms with Crippen molar-refractivity contribution in [3.05, 3.63) is 29.2 Å². The molecule has 0 N–H and O–H groups in total. The molecule has 0 saturated carbocycles. The Balaban J connectivity index is 1.78. The number of piperidine rings is 1. The van der Waals surface area contributed by atoms with Gasteiger partial charge >= 0.3 is 0 Å². The predicted molar refractivity (Wildman–Crippen MR) is 84.3 cm³/mol. The fraction of sp³-hybridized carbons (Fsp3) is 0.467. The molecule has 3 rings (SSSR count). The van der Waals surface area contributed by atoms with Crippen molar-refractivity contribution >= 4 is 17.2 Å². The monoisotopic (exact) mass is 288 g/mol. The van der Waals surface area contributed by atoms with E-state index < -0.39 is 0 Å². The van der Waals surface area contributed by atoms with Crippen LogP contribution in [0.15, 0.2) is 29.2 Å². The van der Waals surface area contributed by atoms with Gasteiger partial charge in [-0.2, -0.15) is 11.3 Å². The molecule has 0 unspecified atom stereocenters. The highest BCUT2D eigenvalue weighted by atomic mass is 32.1. The predicted octanol–water partition coefficient (Wildman–Crippen LogP) is 2.74. The first-order valence-electron chi connectivity index (χ1n) is 7.00. The van der Waals surface area contributed by atoms with Gasteiger partial charge in [0.2, 0.25) is 0 Å². The number of hydrogen-bond acceptors (Lipinski definition) is 5. The minimum absolute atomic E-state index is 0.580. The van der Waals surface area contributed by atoms with Crippen molar-refractivity contribution in [2.75, 3.05) is 32.1 Å². The molecule has 0 bridgehead atoms. The van der Waals surface area contributed by atoms with E-state index in [2.05, 4.69) is 56.8 Å². The van der Waals surface area contributed by atoms with Crippen LogP contribution in [-0.2, 0) is 0 Å². The van der Waals surface area contributed by atoms with Gasteiger partial charge in [0.05, 0.1) is 5.69 Å². The van der Waals surface area contributed by atoms with Gasteiger partial charge in [0.25, 0.3) is 0 Å². The summed E-state index contributed by atoms with van der Waals surface area (Å²) in [5, 5.41) is 4.21. The number of anilines is 1. The van der Waals surface area contributed by atoms with Crippen LogP contribution in [0, 0.1) is 0 Å². The topological polar surface area (TPSA) is 32.3 Å². The standard InChI is InChI=1S/C15H20N4S/c1-18-6-3-13(4-7-18)19(2)15-9-14(16-11-17-15)12-5-8-20-10-12/h5,8-11,13H,3-4,6-7H2,1-2H3. The van der Waals surface area contributed by atoms with Gasteiger partial charge in [-0.15, -0.1) is 0 Å². The van der Waals surface area contributed by atoms with Crippen LogP contribution in [0.2, 0.25) is 0 Å². The number of aromatic nitrogens is 2. The van der Waals surface area contributed by atoms with Crippen LogP contribution in [0.25, 0.3) is 11.3 Å². The van der Waals surface area contributed by atoms with Crippen molar-refractivity contribution in [2.45, 2.75) is 18.9 Å². The third-order valence-electron chi connectivity index (χ3n) is 4.07. The molecule has 20 heavy (non-hydrogen) atoms. The van der Waals surface area contributed by atoms with Gasteiger partial charge < -0.3 is 9.80 Å². The average Bonchev–Trinajstić information content (AvgIpc) is 3.02. The molecule has 0 radical (unpaired) electrons. The van der Waals surface area contributed by atoms with Crippen LogP contribution in [0.1, 0.15) is 12.8 Å². The molecule has 0 aliphatic carbocycles. The normalized spacial score (nSPS) is 17.3. The molecule has 2 aromatic heterocycles. The summed E-state index contributed by atoms with van der Waals surface area (Å²) in [4.78, 5) is 13.5. The van der Waals surface area contributed by atoms with E-state index in [9.17, 15) is 0 Å². The molecular weight excluding hydrogens is 268 g/mol. The Labute approximate surface area is 124 Å². The Morgan fingerprint density at radius 3 is 2.80 bits per heavy atom. The lowest BCUT2D eigenvalue weighted by atomic mass is 10.0. The largest absolute Gasteiger partial charge is 0.356 e. The van der Waals surface area contributed by atoms with E-state index in [0.717, 1.165) is 24.6 Å². The van der Waals surface area contributed by atoms with Gasteiger partial charge in [-0.3, -0.25) is 0 Å². The molecule has 0 amide bonds. The van der Waals surface area contributed by atoms with Crippen LogP contribution < -0.4 is 4.90 Å². The summed E-state index contributed by atoms with van der Waals surface area (Å²) in [7, 11) is 4.34. The third-order valence-corrected chi connectivity index (χ3v) is 4.75. The lowest BCUT2D eigenvalue weighted by Crippen LogP contribution is -2.42. The Morgan fingerprint density at radius 1 is 1.30 bits per heavy atom. The minimum Gasteiger partial charge on any atom is -0.356 e. The minimum atomic E-state index is 0.580. The highest BCUT2D eigenvalue weighted by Crippen LogP contribution is 2.25. The number of hydrogen-bond donors (Lipinski definition) is 0. The summed E-state index contributed by atoms with van der Waals surface area (Å²) in [6, 6.07) is 4.78. The van der Waals surface area contributed by atoms with Gasteiger partial charge in [-0.1, -0.05) is 0 Å². The number of thiophene rings is 1. The van der Waals surface area contributed by atoms with E-state index in [1.807, 2.05) is 0 Å². The van der Waals surface area contributed by atoms with Gasteiger partial charge in [0.1, 0.15) is 12.1 Å². The number of rotatable bonds is 3. The van der Waals surface area contributed by atoms with Crippen molar-refractivity contribution in [2.24, 2.45) is 0 Å². The Hall–Kier alpha value is -1.46.